The van der Waals surface area contributed by atoms with Gasteiger partial charge in [0, 0.05) is 12.0 Å². The molecule has 3 heteroatoms. The molecule has 2 N–H and O–H groups in total. The van der Waals surface area contributed by atoms with Gasteiger partial charge in [-0.1, -0.05) is 12.1 Å². The Balaban J connectivity index is 1.35. The SMILES string of the molecule is O=C(NCCc1ccc(O)cc1)C12CC3CC(CC(C3)C1)C2. The van der Waals surface area contributed by atoms with Crippen LogP contribution < -0.4 is 5.32 Å². The quantitative estimate of drug-likeness (QED) is 0.896. The fourth-order valence-corrected chi connectivity index (χ4v) is 5.56. The number of phenols is 1. The molecule has 4 saturated carbocycles. The van der Waals surface area contributed by atoms with Crippen molar-refractivity contribution in [3.8, 4) is 5.75 Å². The maximum atomic E-state index is 12.8. The van der Waals surface area contributed by atoms with Crippen molar-refractivity contribution >= 4 is 5.91 Å². The molecule has 4 aliphatic rings. The Bertz CT molecular complexity index is 528. The monoisotopic (exact) mass is 299 g/mol. The third-order valence-electron chi connectivity index (χ3n) is 6.16. The fraction of sp³-hybridized carbons (Fsp3) is 0.632. The highest BCUT2D eigenvalue weighted by Crippen LogP contribution is 2.60. The summed E-state index contributed by atoms with van der Waals surface area (Å²) < 4.78 is 0. The van der Waals surface area contributed by atoms with Gasteiger partial charge in [-0.2, -0.15) is 0 Å². The molecule has 1 aromatic carbocycles. The second-order valence-electron chi connectivity index (χ2n) is 7.87. The number of carbonyl (C=O) groups excluding carboxylic acids is 1. The van der Waals surface area contributed by atoms with Gasteiger partial charge in [-0.05, 0) is 80.4 Å². The van der Waals surface area contributed by atoms with Gasteiger partial charge in [0.15, 0.2) is 0 Å². The van der Waals surface area contributed by atoms with Crippen LogP contribution in [0.4, 0.5) is 0 Å². The number of nitrogens with one attached hydrogen (secondary N) is 1. The summed E-state index contributed by atoms with van der Waals surface area (Å²) in [5.41, 5.74) is 1.12. The van der Waals surface area contributed by atoms with Crippen LogP contribution in [0.25, 0.3) is 0 Å². The molecular weight excluding hydrogens is 274 g/mol. The smallest absolute Gasteiger partial charge is 0.226 e. The van der Waals surface area contributed by atoms with Gasteiger partial charge in [0.05, 0.1) is 0 Å². The van der Waals surface area contributed by atoms with E-state index in [-0.39, 0.29) is 5.41 Å². The maximum absolute atomic E-state index is 12.8. The number of amides is 1. The van der Waals surface area contributed by atoms with Crippen LogP contribution in [0.3, 0.4) is 0 Å². The Morgan fingerprint density at radius 3 is 2.14 bits per heavy atom. The Labute approximate surface area is 132 Å². The van der Waals surface area contributed by atoms with Crippen LogP contribution in [0.5, 0.6) is 5.75 Å². The van der Waals surface area contributed by atoms with Gasteiger partial charge in [0.2, 0.25) is 5.91 Å². The first kappa shape index (κ1) is 14.1. The molecule has 0 unspecified atom stereocenters. The van der Waals surface area contributed by atoms with Crippen LogP contribution >= 0.6 is 0 Å². The topological polar surface area (TPSA) is 49.3 Å². The third kappa shape index (κ3) is 2.51. The lowest BCUT2D eigenvalue weighted by atomic mass is 9.49. The van der Waals surface area contributed by atoms with E-state index in [0.29, 0.717) is 18.2 Å². The zero-order valence-corrected chi connectivity index (χ0v) is 13.1. The van der Waals surface area contributed by atoms with Crippen LogP contribution in [-0.2, 0) is 11.2 Å². The second-order valence-corrected chi connectivity index (χ2v) is 7.87. The minimum Gasteiger partial charge on any atom is -0.508 e. The van der Waals surface area contributed by atoms with Gasteiger partial charge in [-0.3, -0.25) is 4.79 Å². The number of hydrogen-bond donors (Lipinski definition) is 2. The summed E-state index contributed by atoms with van der Waals surface area (Å²) in [7, 11) is 0. The largest absolute Gasteiger partial charge is 0.508 e. The van der Waals surface area contributed by atoms with E-state index in [1.807, 2.05) is 12.1 Å². The molecular formula is C19H25NO2. The molecule has 118 valence electrons. The van der Waals surface area contributed by atoms with E-state index >= 15 is 0 Å². The minimum absolute atomic E-state index is 0.0380. The summed E-state index contributed by atoms with van der Waals surface area (Å²) in [5, 5.41) is 12.5. The molecule has 4 fully saturated rings. The van der Waals surface area contributed by atoms with Crippen LogP contribution in [0.1, 0.15) is 44.1 Å². The fourth-order valence-electron chi connectivity index (χ4n) is 5.56. The van der Waals surface area contributed by atoms with E-state index in [4.69, 9.17) is 0 Å². The average Bonchev–Trinajstić information content (AvgIpc) is 2.48. The van der Waals surface area contributed by atoms with Crippen molar-refractivity contribution in [1.82, 2.24) is 5.32 Å². The first-order valence-corrected chi connectivity index (χ1v) is 8.69. The Morgan fingerprint density at radius 1 is 1.05 bits per heavy atom. The van der Waals surface area contributed by atoms with Crippen molar-refractivity contribution in [2.45, 2.75) is 44.9 Å². The highest BCUT2D eigenvalue weighted by molar-refractivity contribution is 5.83. The van der Waals surface area contributed by atoms with Gasteiger partial charge in [-0.25, -0.2) is 0 Å². The summed E-state index contributed by atoms with van der Waals surface area (Å²) in [5.74, 6) is 3.05. The number of benzene rings is 1. The van der Waals surface area contributed by atoms with Crippen molar-refractivity contribution < 1.29 is 9.90 Å². The Kier molecular flexibility index (Phi) is 3.39. The van der Waals surface area contributed by atoms with E-state index in [2.05, 4.69) is 5.32 Å². The van der Waals surface area contributed by atoms with Crippen molar-refractivity contribution in [2.24, 2.45) is 23.2 Å². The number of rotatable bonds is 4. The van der Waals surface area contributed by atoms with E-state index in [1.54, 1.807) is 12.1 Å². The zero-order valence-electron chi connectivity index (χ0n) is 13.1. The highest BCUT2D eigenvalue weighted by atomic mass is 16.3. The van der Waals surface area contributed by atoms with Crippen molar-refractivity contribution in [3.05, 3.63) is 29.8 Å². The van der Waals surface area contributed by atoms with Crippen LogP contribution in [0, 0.1) is 23.2 Å². The van der Waals surface area contributed by atoms with Crippen molar-refractivity contribution in [2.75, 3.05) is 6.54 Å². The first-order chi connectivity index (χ1) is 10.6. The van der Waals surface area contributed by atoms with Crippen molar-refractivity contribution in [3.63, 3.8) is 0 Å². The van der Waals surface area contributed by atoms with E-state index < -0.39 is 0 Å². The molecule has 0 aliphatic heterocycles. The number of aromatic hydroxyl groups is 1. The maximum Gasteiger partial charge on any atom is 0.226 e. The molecule has 1 aromatic rings. The molecule has 4 aliphatic carbocycles. The van der Waals surface area contributed by atoms with Gasteiger partial charge in [0.25, 0.3) is 0 Å². The highest BCUT2D eigenvalue weighted by Gasteiger charge is 2.54. The average molecular weight is 299 g/mol. The van der Waals surface area contributed by atoms with Gasteiger partial charge in [0.1, 0.15) is 5.75 Å². The number of phenolic OH excluding ortho intramolecular Hbond substituents is 1. The van der Waals surface area contributed by atoms with Gasteiger partial charge >= 0.3 is 0 Å². The van der Waals surface area contributed by atoms with Crippen LogP contribution in [-0.4, -0.2) is 17.6 Å². The molecule has 0 atom stereocenters. The Morgan fingerprint density at radius 2 is 1.59 bits per heavy atom. The molecule has 0 radical (unpaired) electrons. The van der Waals surface area contributed by atoms with Gasteiger partial charge in [-0.15, -0.1) is 0 Å². The zero-order chi connectivity index (χ0) is 15.2. The number of hydrogen-bond acceptors (Lipinski definition) is 2. The first-order valence-electron chi connectivity index (χ1n) is 8.69. The number of carbonyl (C=O) groups is 1. The molecule has 0 aromatic heterocycles. The lowest BCUT2D eigenvalue weighted by Gasteiger charge is -2.55. The van der Waals surface area contributed by atoms with Crippen molar-refractivity contribution in [1.29, 1.82) is 0 Å². The summed E-state index contributed by atoms with van der Waals surface area (Å²) in [6.07, 6.45) is 8.34. The van der Waals surface area contributed by atoms with Crippen LogP contribution in [0.15, 0.2) is 24.3 Å². The molecule has 0 saturated heterocycles. The Hall–Kier alpha value is -1.51. The molecule has 1 amide bonds. The molecule has 5 rings (SSSR count). The standard InChI is InChI=1S/C19H25NO2/c21-17-3-1-13(2-4-17)5-6-20-18(22)19-10-14-7-15(11-19)9-16(8-14)12-19/h1-4,14-16,21H,5-12H2,(H,20,22). The van der Waals surface area contributed by atoms with Crippen LogP contribution in [0.2, 0.25) is 0 Å². The lowest BCUT2D eigenvalue weighted by molar-refractivity contribution is -0.146. The molecule has 4 bridgehead atoms. The molecule has 3 nitrogen and oxygen atoms in total. The summed E-state index contributed by atoms with van der Waals surface area (Å²) in [6, 6.07) is 7.25. The predicted molar refractivity (Wildman–Crippen MR) is 85.4 cm³/mol. The van der Waals surface area contributed by atoms with E-state index in [1.165, 1.54) is 19.3 Å². The molecule has 0 heterocycles. The van der Waals surface area contributed by atoms with Gasteiger partial charge < -0.3 is 10.4 Å². The minimum atomic E-state index is -0.0380. The second kappa shape index (κ2) is 5.29. The molecule has 22 heavy (non-hydrogen) atoms. The summed E-state index contributed by atoms with van der Waals surface area (Å²) >= 11 is 0. The third-order valence-corrected chi connectivity index (χ3v) is 6.16. The predicted octanol–water partition coefficient (Wildman–Crippen LogP) is 3.27. The summed E-state index contributed by atoms with van der Waals surface area (Å²) in [6.45, 7) is 0.700. The molecule has 0 spiro atoms. The normalized spacial score (nSPS) is 35.5. The lowest BCUT2D eigenvalue weighted by Crippen LogP contribution is -2.53. The summed E-state index contributed by atoms with van der Waals surface area (Å²) in [4.78, 5) is 12.8. The van der Waals surface area contributed by atoms with E-state index in [9.17, 15) is 9.90 Å². The van der Waals surface area contributed by atoms with E-state index in [0.717, 1.165) is 49.0 Å².